The van der Waals surface area contributed by atoms with Gasteiger partial charge in [0.2, 0.25) is 0 Å². The predicted octanol–water partition coefficient (Wildman–Crippen LogP) is -0.303. The van der Waals surface area contributed by atoms with Crippen LogP contribution in [0.2, 0.25) is 0 Å². The minimum atomic E-state index is -0.833. The molecule has 2 N–H and O–H groups in total. The SMILES string of the molecule is CC(=O)O.CO.[Cd]. The second-order valence-corrected chi connectivity index (χ2v) is 0.519. The van der Waals surface area contributed by atoms with Gasteiger partial charge >= 0.3 is 0 Å². The molecule has 0 rings (SSSR count). The van der Waals surface area contributed by atoms with Crippen molar-refractivity contribution in [2.45, 2.75) is 6.92 Å². The van der Waals surface area contributed by atoms with Crippen LogP contribution in [0.15, 0.2) is 0 Å². The van der Waals surface area contributed by atoms with Crippen molar-refractivity contribution < 1.29 is 42.3 Å². The molecular formula is C3H8CdO3. The molecule has 40 valence electrons. The Morgan fingerprint density at radius 3 is 1.43 bits per heavy atom. The number of hydrogen-bond acceptors (Lipinski definition) is 2. The van der Waals surface area contributed by atoms with E-state index < -0.39 is 5.97 Å². The molecule has 4 heteroatoms. The first-order chi connectivity index (χ1) is 2.73. The van der Waals surface area contributed by atoms with Gasteiger partial charge in [0.25, 0.3) is 5.97 Å². The molecule has 0 fully saturated rings. The summed E-state index contributed by atoms with van der Waals surface area (Å²) in [6.07, 6.45) is 0. The van der Waals surface area contributed by atoms with Gasteiger partial charge < -0.3 is 10.2 Å². The van der Waals surface area contributed by atoms with E-state index >= 15 is 0 Å². The van der Waals surface area contributed by atoms with Crippen LogP contribution in [-0.2, 0) is 32.1 Å². The molecule has 0 aliphatic rings. The van der Waals surface area contributed by atoms with Crippen molar-refractivity contribution >= 4 is 5.97 Å². The average molecular weight is 205 g/mol. The van der Waals surface area contributed by atoms with Crippen molar-refractivity contribution in [2.24, 2.45) is 0 Å². The van der Waals surface area contributed by atoms with Gasteiger partial charge in [0.05, 0.1) is 0 Å². The fourth-order valence-electron chi connectivity index (χ4n) is 0. The van der Waals surface area contributed by atoms with E-state index in [0.29, 0.717) is 0 Å². The quantitative estimate of drug-likeness (QED) is 0.533. The molecule has 0 saturated carbocycles. The second-order valence-electron chi connectivity index (χ2n) is 0.519. The van der Waals surface area contributed by atoms with Crippen LogP contribution in [0.5, 0.6) is 0 Å². The maximum absolute atomic E-state index is 9.00. The number of aliphatic hydroxyl groups excluding tert-OH is 1. The summed E-state index contributed by atoms with van der Waals surface area (Å²) in [6, 6.07) is 0. The number of carbonyl (C=O) groups is 1. The van der Waals surface area contributed by atoms with Gasteiger partial charge in [0.15, 0.2) is 0 Å². The Kier molecular flexibility index (Phi) is 36.2. The number of carboxylic acids is 1. The largest absolute Gasteiger partial charge is 0.481 e. The molecule has 0 aromatic heterocycles. The minimum Gasteiger partial charge on any atom is -0.481 e. The van der Waals surface area contributed by atoms with Gasteiger partial charge in [0, 0.05) is 41.3 Å². The van der Waals surface area contributed by atoms with E-state index in [1.54, 1.807) is 0 Å². The van der Waals surface area contributed by atoms with Crippen molar-refractivity contribution in [1.82, 2.24) is 0 Å². The first kappa shape index (κ1) is 15.7. The molecule has 0 aliphatic carbocycles. The number of hydrogen-bond donors (Lipinski definition) is 2. The average Bonchev–Trinajstić information content (AvgIpc) is 1.41. The van der Waals surface area contributed by atoms with Crippen LogP contribution >= 0.6 is 0 Å². The monoisotopic (exact) mass is 206 g/mol. The number of aliphatic hydroxyl groups is 1. The molecule has 0 saturated heterocycles. The zero-order chi connectivity index (χ0) is 5.58. The first-order valence-corrected chi connectivity index (χ1v) is 1.37. The van der Waals surface area contributed by atoms with E-state index in [1.807, 2.05) is 0 Å². The van der Waals surface area contributed by atoms with Crippen LogP contribution in [0.1, 0.15) is 6.92 Å². The van der Waals surface area contributed by atoms with E-state index in [1.165, 1.54) is 0 Å². The summed E-state index contributed by atoms with van der Waals surface area (Å²) in [5.74, 6) is -0.833. The van der Waals surface area contributed by atoms with E-state index in [4.69, 9.17) is 15.0 Å². The zero-order valence-electron chi connectivity index (χ0n) is 4.51. The Morgan fingerprint density at radius 2 is 1.43 bits per heavy atom. The number of carboxylic acid groups (broad SMARTS) is 1. The van der Waals surface area contributed by atoms with Gasteiger partial charge in [-0.1, -0.05) is 0 Å². The second kappa shape index (κ2) is 16.2. The van der Waals surface area contributed by atoms with E-state index in [9.17, 15) is 0 Å². The Labute approximate surface area is 62.5 Å². The Balaban J connectivity index is -0.0000000480. The number of rotatable bonds is 0. The van der Waals surface area contributed by atoms with E-state index in [2.05, 4.69) is 0 Å². The summed E-state index contributed by atoms with van der Waals surface area (Å²) >= 11 is 0. The van der Waals surface area contributed by atoms with Crippen LogP contribution in [0.25, 0.3) is 0 Å². The van der Waals surface area contributed by atoms with Gasteiger partial charge in [0.1, 0.15) is 0 Å². The molecular weight excluding hydrogens is 196 g/mol. The van der Waals surface area contributed by atoms with Crippen LogP contribution in [-0.4, -0.2) is 23.3 Å². The van der Waals surface area contributed by atoms with E-state index in [0.717, 1.165) is 14.0 Å². The van der Waals surface area contributed by atoms with Crippen LogP contribution in [0, 0.1) is 0 Å². The maximum Gasteiger partial charge on any atom is 0.300 e. The normalized spacial score (nSPS) is 4.43. The Hall–Kier alpha value is 0.352. The fourth-order valence-corrected chi connectivity index (χ4v) is 0. The van der Waals surface area contributed by atoms with Crippen molar-refractivity contribution in [1.29, 1.82) is 0 Å². The molecule has 0 aromatic carbocycles. The first-order valence-electron chi connectivity index (χ1n) is 1.37. The molecule has 0 atom stereocenters. The van der Waals surface area contributed by atoms with E-state index in [-0.39, 0.29) is 27.3 Å². The zero-order valence-corrected chi connectivity index (χ0v) is 8.55. The van der Waals surface area contributed by atoms with Crippen LogP contribution in [0.4, 0.5) is 0 Å². The third kappa shape index (κ3) is 971. The standard InChI is InChI=1S/C2H4O2.CH4O.Cd/c1-2(3)4;1-2;/h1H3,(H,3,4);2H,1H3;. The molecule has 0 radical (unpaired) electrons. The smallest absolute Gasteiger partial charge is 0.300 e. The van der Waals surface area contributed by atoms with Crippen molar-refractivity contribution in [3.8, 4) is 0 Å². The maximum atomic E-state index is 9.00. The molecule has 3 nitrogen and oxygen atoms in total. The molecule has 0 spiro atoms. The van der Waals surface area contributed by atoms with Crippen molar-refractivity contribution in [2.75, 3.05) is 7.11 Å². The molecule has 0 aromatic rings. The predicted molar refractivity (Wildman–Crippen MR) is 21.5 cm³/mol. The molecule has 7 heavy (non-hydrogen) atoms. The van der Waals surface area contributed by atoms with Crippen molar-refractivity contribution in [3.05, 3.63) is 0 Å². The molecule has 0 bridgehead atoms. The molecule has 0 amide bonds. The van der Waals surface area contributed by atoms with Crippen LogP contribution < -0.4 is 0 Å². The molecule has 0 aliphatic heterocycles. The summed E-state index contributed by atoms with van der Waals surface area (Å²) in [4.78, 5) is 9.00. The van der Waals surface area contributed by atoms with Crippen LogP contribution in [0.3, 0.4) is 0 Å². The molecule has 0 heterocycles. The Bertz CT molecular complexity index is 33.2. The fraction of sp³-hybridized carbons (Fsp3) is 0.667. The summed E-state index contributed by atoms with van der Waals surface area (Å²) in [6.45, 7) is 1.08. The van der Waals surface area contributed by atoms with Gasteiger partial charge in [-0.15, -0.1) is 0 Å². The third-order valence-electron chi connectivity index (χ3n) is 0. The van der Waals surface area contributed by atoms with Crippen molar-refractivity contribution in [3.63, 3.8) is 0 Å². The summed E-state index contributed by atoms with van der Waals surface area (Å²) in [5.41, 5.74) is 0. The third-order valence-corrected chi connectivity index (χ3v) is 0. The van der Waals surface area contributed by atoms with Gasteiger partial charge in [-0.05, 0) is 0 Å². The minimum absolute atomic E-state index is 0. The van der Waals surface area contributed by atoms with Gasteiger partial charge in [-0.25, -0.2) is 0 Å². The van der Waals surface area contributed by atoms with Gasteiger partial charge in [-0.3, -0.25) is 4.79 Å². The Morgan fingerprint density at radius 1 is 1.43 bits per heavy atom. The summed E-state index contributed by atoms with van der Waals surface area (Å²) in [5, 5.41) is 14.4. The number of aliphatic carboxylic acids is 1. The van der Waals surface area contributed by atoms with Gasteiger partial charge in [-0.2, -0.15) is 0 Å². The molecule has 0 unspecified atom stereocenters. The summed E-state index contributed by atoms with van der Waals surface area (Å²) < 4.78 is 0. The topological polar surface area (TPSA) is 57.5 Å². The summed E-state index contributed by atoms with van der Waals surface area (Å²) in [7, 11) is 1.00.